The number of methoxy groups -OCH3 is 1. The van der Waals surface area contributed by atoms with E-state index in [0.29, 0.717) is 12.5 Å². The summed E-state index contributed by atoms with van der Waals surface area (Å²) in [6, 6.07) is 3.81. The fraction of sp³-hybridized carbons (Fsp3) is 0.583. The van der Waals surface area contributed by atoms with Gasteiger partial charge in [0.1, 0.15) is 11.6 Å². The Balaban J connectivity index is 2.02. The zero-order valence-corrected chi connectivity index (χ0v) is 9.59. The molecule has 1 aromatic rings. The second-order valence-electron chi connectivity index (χ2n) is 4.17. The van der Waals surface area contributed by atoms with E-state index in [1.54, 1.807) is 13.3 Å². The first-order valence-electron chi connectivity index (χ1n) is 5.69. The molecular formula is C12H18N2O2. The molecule has 16 heavy (non-hydrogen) atoms. The normalized spacial score (nSPS) is 17.5. The van der Waals surface area contributed by atoms with Crippen LogP contribution in [-0.2, 0) is 0 Å². The summed E-state index contributed by atoms with van der Waals surface area (Å²) < 4.78 is 5.18. The lowest BCUT2D eigenvalue weighted by atomic mass is 9.98. The van der Waals surface area contributed by atoms with E-state index < -0.39 is 0 Å². The zero-order valence-electron chi connectivity index (χ0n) is 9.59. The average molecular weight is 222 g/mol. The monoisotopic (exact) mass is 222 g/mol. The summed E-state index contributed by atoms with van der Waals surface area (Å²) in [5.41, 5.74) is 0. The molecule has 88 valence electrons. The first-order chi connectivity index (χ1) is 7.83. The maximum Gasteiger partial charge on any atom is 0.132 e. The van der Waals surface area contributed by atoms with Gasteiger partial charge in [0.2, 0.25) is 0 Å². The van der Waals surface area contributed by atoms with Crippen molar-refractivity contribution in [3.05, 3.63) is 18.3 Å². The number of piperidine rings is 1. The Hall–Kier alpha value is -1.29. The van der Waals surface area contributed by atoms with Gasteiger partial charge >= 0.3 is 0 Å². The van der Waals surface area contributed by atoms with Crippen molar-refractivity contribution < 1.29 is 9.84 Å². The van der Waals surface area contributed by atoms with Crippen molar-refractivity contribution in [3.8, 4) is 5.75 Å². The van der Waals surface area contributed by atoms with E-state index in [-0.39, 0.29) is 0 Å². The fourth-order valence-electron chi connectivity index (χ4n) is 2.04. The van der Waals surface area contributed by atoms with Gasteiger partial charge in [-0.05, 0) is 24.8 Å². The number of pyridine rings is 1. The van der Waals surface area contributed by atoms with E-state index in [1.165, 1.54) is 0 Å². The summed E-state index contributed by atoms with van der Waals surface area (Å²) in [7, 11) is 1.66. The lowest BCUT2D eigenvalue weighted by molar-refractivity contribution is 0.202. The summed E-state index contributed by atoms with van der Waals surface area (Å²) in [6.07, 6.45) is 3.84. The molecule has 4 nitrogen and oxygen atoms in total. The summed E-state index contributed by atoms with van der Waals surface area (Å²) in [4.78, 5) is 6.59. The number of ether oxygens (including phenoxy) is 1. The van der Waals surface area contributed by atoms with Crippen LogP contribution in [0.25, 0.3) is 0 Å². The van der Waals surface area contributed by atoms with Gasteiger partial charge in [0, 0.05) is 32.0 Å². The minimum Gasteiger partial charge on any atom is -0.497 e. The van der Waals surface area contributed by atoms with Gasteiger partial charge in [0.05, 0.1) is 7.11 Å². The molecule has 2 heterocycles. The molecule has 1 fully saturated rings. The number of rotatable bonds is 3. The highest BCUT2D eigenvalue weighted by Crippen LogP contribution is 2.23. The topological polar surface area (TPSA) is 45.6 Å². The predicted molar refractivity (Wildman–Crippen MR) is 62.8 cm³/mol. The standard InChI is InChI=1S/C12H18N2O2/c1-16-11-2-5-13-12(8-11)14-6-3-10(9-15)4-7-14/h2,5,8,10,15H,3-4,6-7,9H2,1H3. The van der Waals surface area contributed by atoms with Crippen LogP contribution < -0.4 is 9.64 Å². The molecule has 1 aliphatic heterocycles. The molecule has 0 atom stereocenters. The van der Waals surface area contributed by atoms with Crippen molar-refractivity contribution in [1.29, 1.82) is 0 Å². The predicted octanol–water partition coefficient (Wildman–Crippen LogP) is 1.30. The van der Waals surface area contributed by atoms with Gasteiger partial charge in [-0.25, -0.2) is 4.98 Å². The average Bonchev–Trinajstić information content (AvgIpc) is 2.39. The van der Waals surface area contributed by atoms with Crippen molar-refractivity contribution in [2.75, 3.05) is 31.7 Å². The molecule has 4 heteroatoms. The van der Waals surface area contributed by atoms with E-state index >= 15 is 0 Å². The van der Waals surface area contributed by atoms with Gasteiger partial charge in [-0.15, -0.1) is 0 Å². The van der Waals surface area contributed by atoms with Crippen LogP contribution in [-0.4, -0.2) is 36.9 Å². The van der Waals surface area contributed by atoms with E-state index in [2.05, 4.69) is 9.88 Å². The Morgan fingerprint density at radius 1 is 1.50 bits per heavy atom. The van der Waals surface area contributed by atoms with Gasteiger partial charge in [-0.2, -0.15) is 0 Å². The minimum absolute atomic E-state index is 0.305. The molecule has 0 aliphatic carbocycles. The zero-order chi connectivity index (χ0) is 11.4. The highest BCUT2D eigenvalue weighted by molar-refractivity contribution is 5.43. The molecular weight excluding hydrogens is 204 g/mol. The highest BCUT2D eigenvalue weighted by atomic mass is 16.5. The van der Waals surface area contributed by atoms with Crippen LogP contribution in [0, 0.1) is 5.92 Å². The third-order valence-electron chi connectivity index (χ3n) is 3.15. The van der Waals surface area contributed by atoms with Crippen LogP contribution in [0.4, 0.5) is 5.82 Å². The van der Waals surface area contributed by atoms with Crippen LogP contribution in [0.1, 0.15) is 12.8 Å². The largest absolute Gasteiger partial charge is 0.497 e. The smallest absolute Gasteiger partial charge is 0.132 e. The van der Waals surface area contributed by atoms with Crippen LogP contribution in [0.15, 0.2) is 18.3 Å². The fourth-order valence-corrected chi connectivity index (χ4v) is 2.04. The van der Waals surface area contributed by atoms with Gasteiger partial charge < -0.3 is 14.7 Å². The van der Waals surface area contributed by atoms with Crippen molar-refractivity contribution in [2.45, 2.75) is 12.8 Å². The molecule has 1 aliphatic rings. The van der Waals surface area contributed by atoms with Crippen molar-refractivity contribution in [2.24, 2.45) is 5.92 Å². The molecule has 1 saturated heterocycles. The Labute approximate surface area is 95.9 Å². The third kappa shape index (κ3) is 2.44. The maximum absolute atomic E-state index is 9.08. The molecule has 0 spiro atoms. The lowest BCUT2D eigenvalue weighted by Gasteiger charge is -2.32. The summed E-state index contributed by atoms with van der Waals surface area (Å²) >= 11 is 0. The Kier molecular flexibility index (Phi) is 3.62. The summed E-state index contributed by atoms with van der Waals surface area (Å²) in [6.45, 7) is 2.23. The molecule has 0 saturated carbocycles. The molecule has 0 aromatic carbocycles. The minimum atomic E-state index is 0.305. The highest BCUT2D eigenvalue weighted by Gasteiger charge is 2.19. The molecule has 0 unspecified atom stereocenters. The van der Waals surface area contributed by atoms with E-state index in [1.807, 2.05) is 12.1 Å². The number of hydrogen-bond acceptors (Lipinski definition) is 4. The SMILES string of the molecule is COc1ccnc(N2CCC(CO)CC2)c1. The number of aromatic nitrogens is 1. The van der Waals surface area contributed by atoms with Gasteiger partial charge in [-0.3, -0.25) is 0 Å². The first kappa shape index (κ1) is 11.2. The third-order valence-corrected chi connectivity index (χ3v) is 3.15. The number of nitrogens with zero attached hydrogens (tertiary/aromatic N) is 2. The number of aliphatic hydroxyl groups excluding tert-OH is 1. The van der Waals surface area contributed by atoms with E-state index in [4.69, 9.17) is 9.84 Å². The molecule has 2 rings (SSSR count). The molecule has 0 bridgehead atoms. The molecule has 0 amide bonds. The van der Waals surface area contributed by atoms with Crippen LogP contribution in [0.2, 0.25) is 0 Å². The van der Waals surface area contributed by atoms with E-state index in [0.717, 1.165) is 37.5 Å². The van der Waals surface area contributed by atoms with Crippen LogP contribution >= 0.6 is 0 Å². The molecule has 1 N–H and O–H groups in total. The van der Waals surface area contributed by atoms with Crippen molar-refractivity contribution in [1.82, 2.24) is 4.98 Å². The van der Waals surface area contributed by atoms with Crippen LogP contribution in [0.5, 0.6) is 5.75 Å². The number of hydrogen-bond donors (Lipinski definition) is 1. The van der Waals surface area contributed by atoms with Crippen molar-refractivity contribution >= 4 is 5.82 Å². The lowest BCUT2D eigenvalue weighted by Crippen LogP contribution is -2.35. The summed E-state index contributed by atoms with van der Waals surface area (Å²) in [5.74, 6) is 2.27. The Morgan fingerprint density at radius 2 is 2.25 bits per heavy atom. The second kappa shape index (κ2) is 5.16. The molecule has 0 radical (unpaired) electrons. The van der Waals surface area contributed by atoms with Gasteiger partial charge in [0.25, 0.3) is 0 Å². The van der Waals surface area contributed by atoms with E-state index in [9.17, 15) is 0 Å². The Morgan fingerprint density at radius 3 is 2.88 bits per heavy atom. The van der Waals surface area contributed by atoms with Gasteiger partial charge in [0.15, 0.2) is 0 Å². The summed E-state index contributed by atoms with van der Waals surface area (Å²) in [5, 5.41) is 9.08. The quantitative estimate of drug-likeness (QED) is 0.837. The number of anilines is 1. The number of aliphatic hydroxyl groups is 1. The van der Waals surface area contributed by atoms with Crippen molar-refractivity contribution in [3.63, 3.8) is 0 Å². The maximum atomic E-state index is 9.08. The Bertz CT molecular complexity index is 336. The first-order valence-corrected chi connectivity index (χ1v) is 5.69. The van der Waals surface area contributed by atoms with Crippen LogP contribution in [0.3, 0.4) is 0 Å². The second-order valence-corrected chi connectivity index (χ2v) is 4.17. The molecule has 1 aromatic heterocycles. The van der Waals surface area contributed by atoms with Gasteiger partial charge in [-0.1, -0.05) is 0 Å².